The highest BCUT2D eigenvalue weighted by molar-refractivity contribution is 5.79. The number of aromatic amines is 1. The average molecular weight is 192 g/mol. The van der Waals surface area contributed by atoms with Crippen molar-refractivity contribution < 1.29 is 4.92 Å². The minimum absolute atomic E-state index is 0.00593. The molecule has 0 saturated heterocycles. The summed E-state index contributed by atoms with van der Waals surface area (Å²) in [5.74, 6) is 0. The van der Waals surface area contributed by atoms with Crippen LogP contribution in [-0.4, -0.2) is 20.1 Å². The van der Waals surface area contributed by atoms with Gasteiger partial charge in [0.1, 0.15) is 6.20 Å². The molecule has 0 aliphatic heterocycles. The van der Waals surface area contributed by atoms with Crippen LogP contribution in [0.1, 0.15) is 12.6 Å². The zero-order valence-corrected chi connectivity index (χ0v) is 7.52. The van der Waals surface area contributed by atoms with Gasteiger partial charge in [0, 0.05) is 17.1 Å². The first-order chi connectivity index (χ1) is 6.72. The molecule has 0 bridgehead atoms. The van der Waals surface area contributed by atoms with Crippen LogP contribution in [-0.2, 0) is 6.42 Å². The Morgan fingerprint density at radius 2 is 2.43 bits per heavy atom. The molecule has 2 heterocycles. The lowest BCUT2D eigenvalue weighted by Gasteiger charge is -1.92. The number of fused-ring (bicyclic) bond motifs is 1. The first-order valence-corrected chi connectivity index (χ1v) is 4.19. The Balaban J connectivity index is 2.67. The highest BCUT2D eigenvalue weighted by Gasteiger charge is 2.11. The van der Waals surface area contributed by atoms with Crippen molar-refractivity contribution in [1.82, 2.24) is 15.2 Å². The number of aryl methyl sites for hydroxylation is 1. The van der Waals surface area contributed by atoms with E-state index in [0.29, 0.717) is 5.65 Å². The van der Waals surface area contributed by atoms with Crippen molar-refractivity contribution in [3.63, 3.8) is 0 Å². The Kier molecular flexibility index (Phi) is 1.88. The second-order valence-corrected chi connectivity index (χ2v) is 2.88. The van der Waals surface area contributed by atoms with Gasteiger partial charge in [0.25, 0.3) is 5.69 Å². The summed E-state index contributed by atoms with van der Waals surface area (Å²) in [7, 11) is 0. The molecule has 1 N–H and O–H groups in total. The summed E-state index contributed by atoms with van der Waals surface area (Å²) in [6.07, 6.45) is 1.96. The molecule has 0 aromatic carbocycles. The molecule has 2 aromatic rings. The van der Waals surface area contributed by atoms with E-state index in [4.69, 9.17) is 0 Å². The largest absolute Gasteiger partial charge is 0.288 e. The number of hydrogen-bond acceptors (Lipinski definition) is 4. The summed E-state index contributed by atoms with van der Waals surface area (Å²) in [6.45, 7) is 1.95. The van der Waals surface area contributed by atoms with Crippen molar-refractivity contribution in [2.75, 3.05) is 0 Å². The summed E-state index contributed by atoms with van der Waals surface area (Å²) in [6, 6.07) is 1.49. The van der Waals surface area contributed by atoms with Gasteiger partial charge in [-0.1, -0.05) is 6.92 Å². The second kappa shape index (κ2) is 3.06. The first-order valence-electron chi connectivity index (χ1n) is 4.19. The third-order valence-corrected chi connectivity index (χ3v) is 2.04. The van der Waals surface area contributed by atoms with Gasteiger partial charge in [-0.2, -0.15) is 5.10 Å². The number of nitrogens with one attached hydrogen (secondary N) is 1. The first kappa shape index (κ1) is 8.61. The Bertz CT molecular complexity index is 491. The van der Waals surface area contributed by atoms with E-state index in [9.17, 15) is 10.1 Å². The predicted molar refractivity (Wildman–Crippen MR) is 49.9 cm³/mol. The molecule has 14 heavy (non-hydrogen) atoms. The van der Waals surface area contributed by atoms with E-state index in [0.717, 1.165) is 17.5 Å². The number of aromatic nitrogens is 3. The van der Waals surface area contributed by atoms with E-state index in [1.54, 1.807) is 0 Å². The molecule has 6 nitrogen and oxygen atoms in total. The fourth-order valence-corrected chi connectivity index (χ4v) is 1.31. The van der Waals surface area contributed by atoms with Crippen LogP contribution in [0.15, 0.2) is 12.3 Å². The molecule has 0 saturated carbocycles. The van der Waals surface area contributed by atoms with Crippen LogP contribution in [0.5, 0.6) is 0 Å². The van der Waals surface area contributed by atoms with Gasteiger partial charge in [0.05, 0.1) is 4.92 Å². The maximum Gasteiger partial charge on any atom is 0.288 e. The lowest BCUT2D eigenvalue weighted by molar-refractivity contribution is -0.385. The number of hydrogen-bond donors (Lipinski definition) is 1. The van der Waals surface area contributed by atoms with Crippen LogP contribution >= 0.6 is 0 Å². The van der Waals surface area contributed by atoms with Gasteiger partial charge in [-0.3, -0.25) is 15.2 Å². The fraction of sp³-hybridized carbons (Fsp3) is 0.250. The second-order valence-electron chi connectivity index (χ2n) is 2.88. The van der Waals surface area contributed by atoms with E-state index in [1.165, 1.54) is 12.3 Å². The lowest BCUT2D eigenvalue weighted by atomic mass is 10.2. The zero-order valence-electron chi connectivity index (χ0n) is 7.52. The topological polar surface area (TPSA) is 84.7 Å². The summed E-state index contributed by atoms with van der Waals surface area (Å²) in [5, 5.41) is 18.0. The van der Waals surface area contributed by atoms with Crippen molar-refractivity contribution >= 4 is 16.7 Å². The van der Waals surface area contributed by atoms with E-state index < -0.39 is 4.92 Å². The van der Waals surface area contributed by atoms with Crippen LogP contribution in [0.25, 0.3) is 11.0 Å². The van der Waals surface area contributed by atoms with Gasteiger partial charge in [0.2, 0.25) is 0 Å². The molecule has 0 atom stereocenters. The van der Waals surface area contributed by atoms with E-state index in [1.807, 2.05) is 6.92 Å². The maximum atomic E-state index is 10.5. The highest BCUT2D eigenvalue weighted by Crippen LogP contribution is 2.19. The third-order valence-electron chi connectivity index (χ3n) is 2.04. The van der Waals surface area contributed by atoms with E-state index in [-0.39, 0.29) is 5.69 Å². The predicted octanol–water partition coefficient (Wildman–Crippen LogP) is 1.43. The number of nitrogens with zero attached hydrogens (tertiary/aromatic N) is 3. The molecule has 2 rings (SSSR count). The molecule has 0 spiro atoms. The molecule has 0 radical (unpaired) electrons. The summed E-state index contributed by atoms with van der Waals surface area (Å²) < 4.78 is 0. The maximum absolute atomic E-state index is 10.5. The quantitative estimate of drug-likeness (QED) is 0.576. The van der Waals surface area contributed by atoms with E-state index in [2.05, 4.69) is 15.2 Å². The Hall–Kier alpha value is -1.98. The average Bonchev–Trinajstić information content (AvgIpc) is 2.59. The van der Waals surface area contributed by atoms with E-state index >= 15 is 0 Å². The third kappa shape index (κ3) is 1.20. The van der Waals surface area contributed by atoms with Gasteiger partial charge in [0.15, 0.2) is 5.65 Å². The number of rotatable bonds is 2. The number of nitro groups is 1. The van der Waals surface area contributed by atoms with Gasteiger partial charge in [-0.15, -0.1) is 0 Å². The normalized spacial score (nSPS) is 10.6. The van der Waals surface area contributed by atoms with Crippen LogP contribution < -0.4 is 0 Å². The van der Waals surface area contributed by atoms with Crippen molar-refractivity contribution in [3.8, 4) is 0 Å². The zero-order chi connectivity index (χ0) is 10.1. The van der Waals surface area contributed by atoms with Crippen LogP contribution in [0, 0.1) is 10.1 Å². The Morgan fingerprint density at radius 1 is 1.64 bits per heavy atom. The minimum Gasteiger partial charge on any atom is -0.280 e. The van der Waals surface area contributed by atoms with Crippen LogP contribution in [0.3, 0.4) is 0 Å². The van der Waals surface area contributed by atoms with Crippen molar-refractivity contribution in [3.05, 3.63) is 28.1 Å². The fourth-order valence-electron chi connectivity index (χ4n) is 1.31. The van der Waals surface area contributed by atoms with Gasteiger partial charge in [-0.25, -0.2) is 4.98 Å². The standard InChI is InChI=1S/C8H8N4O2/c1-2-7-6-3-5(12(13)14)4-9-8(6)11-10-7/h3-4H,2H2,1H3,(H,9,10,11). The SMILES string of the molecule is CCc1[nH]nc2ncc([N+](=O)[O-])cc12. The molecular weight excluding hydrogens is 184 g/mol. The van der Waals surface area contributed by atoms with Crippen molar-refractivity contribution in [1.29, 1.82) is 0 Å². The lowest BCUT2D eigenvalue weighted by Crippen LogP contribution is -1.89. The van der Waals surface area contributed by atoms with Gasteiger partial charge < -0.3 is 0 Å². The summed E-state index contributed by atoms with van der Waals surface area (Å²) >= 11 is 0. The molecule has 6 heteroatoms. The molecule has 0 fully saturated rings. The molecule has 0 amide bonds. The van der Waals surface area contributed by atoms with Gasteiger partial charge >= 0.3 is 0 Å². The molecular formula is C8H8N4O2. The molecule has 0 unspecified atom stereocenters. The van der Waals surface area contributed by atoms with Crippen molar-refractivity contribution in [2.45, 2.75) is 13.3 Å². The summed E-state index contributed by atoms with van der Waals surface area (Å²) in [4.78, 5) is 13.9. The van der Waals surface area contributed by atoms with Crippen LogP contribution in [0.4, 0.5) is 5.69 Å². The summed E-state index contributed by atoms with van der Waals surface area (Å²) in [5.41, 5.74) is 1.39. The number of pyridine rings is 1. The minimum atomic E-state index is -0.459. The molecule has 0 aliphatic carbocycles. The number of H-pyrrole nitrogens is 1. The molecule has 72 valence electrons. The van der Waals surface area contributed by atoms with Gasteiger partial charge in [-0.05, 0) is 6.42 Å². The highest BCUT2D eigenvalue weighted by atomic mass is 16.6. The van der Waals surface area contributed by atoms with Crippen LogP contribution in [0.2, 0.25) is 0 Å². The molecule has 2 aromatic heterocycles. The monoisotopic (exact) mass is 192 g/mol. The Morgan fingerprint density at radius 3 is 3.07 bits per heavy atom. The van der Waals surface area contributed by atoms with Crippen molar-refractivity contribution in [2.24, 2.45) is 0 Å². The smallest absolute Gasteiger partial charge is 0.280 e. The Labute approximate surface area is 79.1 Å². The molecule has 0 aliphatic rings.